The van der Waals surface area contributed by atoms with Crippen LogP contribution in [0, 0.1) is 22.2 Å². The van der Waals surface area contributed by atoms with E-state index in [1.54, 1.807) is 13.0 Å². The van der Waals surface area contributed by atoms with E-state index in [0.29, 0.717) is 15.8 Å². The lowest BCUT2D eigenvalue weighted by Gasteiger charge is -2.35. The monoisotopic (exact) mass is 790 g/mol. The normalized spacial score (nSPS) is 19.1. The molecule has 1 aliphatic heterocycles. The van der Waals surface area contributed by atoms with Gasteiger partial charge in [-0.3, -0.25) is 15.1 Å². The second-order valence-corrected chi connectivity index (χ2v) is 14.4. The summed E-state index contributed by atoms with van der Waals surface area (Å²) in [5.74, 6) is -1.77. The zero-order valence-electron chi connectivity index (χ0n) is 30.5. The van der Waals surface area contributed by atoms with E-state index >= 15 is 0 Å². The third kappa shape index (κ3) is 8.16. The van der Waals surface area contributed by atoms with Gasteiger partial charge in [0.15, 0.2) is 11.8 Å². The number of hydrogen-bond donors (Lipinski definition) is 3. The van der Waals surface area contributed by atoms with Crippen LogP contribution in [0.25, 0.3) is 17.0 Å². The number of nitriles is 1. The number of alkyl halides is 7. The number of guanidine groups is 1. The number of benzene rings is 1. The van der Waals surface area contributed by atoms with Crippen molar-refractivity contribution in [3.63, 3.8) is 0 Å². The first-order valence-corrected chi connectivity index (χ1v) is 17.0. The number of rotatable bonds is 13. The summed E-state index contributed by atoms with van der Waals surface area (Å²) in [5.41, 5.74) is -4.29. The Morgan fingerprint density at radius 1 is 1.16 bits per heavy atom. The topological polar surface area (TPSA) is 167 Å². The van der Waals surface area contributed by atoms with Crippen LogP contribution in [0.3, 0.4) is 0 Å². The van der Waals surface area contributed by atoms with Gasteiger partial charge in [-0.2, -0.15) is 50.9 Å². The van der Waals surface area contributed by atoms with Gasteiger partial charge in [-0.25, -0.2) is 14.5 Å². The average Bonchev–Trinajstić information content (AvgIpc) is 3.42. The Kier molecular flexibility index (Phi) is 11.2. The summed E-state index contributed by atoms with van der Waals surface area (Å²) in [6, 6.07) is 4.13. The number of nitrogens with one attached hydrogen (secondary N) is 3. The fraction of sp³-hybridized carbons (Fsp3) is 0.417. The molecule has 56 heavy (non-hydrogen) atoms. The van der Waals surface area contributed by atoms with E-state index in [1.165, 1.54) is 36.5 Å². The van der Waals surface area contributed by atoms with Crippen molar-refractivity contribution in [2.45, 2.75) is 83.4 Å². The van der Waals surface area contributed by atoms with Crippen LogP contribution in [0.5, 0.6) is 0 Å². The molecule has 2 aromatic heterocycles. The molecule has 20 heteroatoms. The van der Waals surface area contributed by atoms with Crippen molar-refractivity contribution in [2.24, 2.45) is 5.41 Å². The second-order valence-electron chi connectivity index (χ2n) is 14.4. The highest BCUT2D eigenvalue weighted by molar-refractivity contribution is 6.10. The summed E-state index contributed by atoms with van der Waals surface area (Å²) >= 11 is 0. The Morgan fingerprint density at radius 2 is 1.86 bits per heavy atom. The van der Waals surface area contributed by atoms with Crippen molar-refractivity contribution in [3.05, 3.63) is 84.0 Å². The van der Waals surface area contributed by atoms with Crippen LogP contribution >= 0.6 is 0 Å². The zero-order chi connectivity index (χ0) is 41.4. The summed E-state index contributed by atoms with van der Waals surface area (Å²) < 4.78 is 101. The van der Waals surface area contributed by atoms with E-state index in [2.05, 4.69) is 27.1 Å². The molecule has 1 aliphatic carbocycles. The summed E-state index contributed by atoms with van der Waals surface area (Å²) in [5, 5.41) is 30.8. The summed E-state index contributed by atoms with van der Waals surface area (Å²) in [6.07, 6.45) is 0.791. The van der Waals surface area contributed by atoms with Crippen molar-refractivity contribution in [1.82, 2.24) is 40.1 Å². The molecule has 2 atom stereocenters. The Labute approximate surface area is 316 Å². The smallest absolute Gasteiger partial charge is 0.411 e. The number of alkyl carbamates (subject to hydrolysis) is 1. The fourth-order valence-corrected chi connectivity index (χ4v) is 6.40. The first kappa shape index (κ1) is 41.2. The number of ether oxygens (including phenoxy) is 1. The highest BCUT2D eigenvalue weighted by atomic mass is 19.4. The van der Waals surface area contributed by atoms with Gasteiger partial charge in [0, 0.05) is 17.3 Å². The maximum Gasteiger partial charge on any atom is 0.411 e. The number of nitrogens with zero attached hydrogens (tertiary/aromatic N) is 7. The highest BCUT2D eigenvalue weighted by Crippen LogP contribution is 2.49. The van der Waals surface area contributed by atoms with Crippen LogP contribution in [0.1, 0.15) is 82.8 Å². The van der Waals surface area contributed by atoms with Gasteiger partial charge in [0.05, 0.1) is 23.9 Å². The van der Waals surface area contributed by atoms with E-state index < -0.39 is 72.2 Å². The summed E-state index contributed by atoms with van der Waals surface area (Å²) in [7, 11) is 0. The van der Waals surface area contributed by atoms with Gasteiger partial charge in [-0.1, -0.05) is 51.6 Å². The molecule has 2 fully saturated rings. The maximum atomic E-state index is 14.9. The molecule has 13 nitrogen and oxygen atoms in total. The quantitative estimate of drug-likeness (QED) is 0.119. The number of allylic oxidation sites excluding steroid dienone is 3. The molecule has 1 aromatic carbocycles. The summed E-state index contributed by atoms with van der Waals surface area (Å²) in [6.45, 7) is 4.33. The Hall–Kier alpha value is -6.00. The number of aromatic nitrogens is 5. The molecule has 3 aromatic rings. The summed E-state index contributed by atoms with van der Waals surface area (Å²) in [4.78, 5) is 32.5. The SMILES string of the molecule is C=C(/C=C\C(=C/C)c1cnn(C(F)F)c1)[C@@]1(CC(C)(C)C)NC(=N)N([C@H](COC(=O)NC2(C(F)(F)F)CC2)c2ccc(C#N)c(-c3ncnn3C(F)F)c2)C1=O. The van der Waals surface area contributed by atoms with Crippen molar-refractivity contribution in [3.8, 4) is 17.5 Å². The molecule has 1 saturated heterocycles. The molecule has 298 valence electrons. The standard InChI is InChI=1S/C36H37F7N10O3/c1-6-21(24-15-47-51(16-24)29(37)38)8-7-20(2)35(18-33(3,4)5)28(54)52(31(45)49-35)26(17-56-32(55)50-34(11-12-34)36(41,42)43)22-9-10-23(14-44)25(13-22)27-46-19-48-53(27)30(39)40/h6-10,13,15-16,19,26,29-30H,2,11-12,17-18H2,1,3-5H3,(H2,45,49)(H,50,55)/b8-7-,21-6+/t26-,35-/m1/s1. The molecule has 0 bridgehead atoms. The van der Waals surface area contributed by atoms with Crippen LogP contribution in [0.2, 0.25) is 0 Å². The van der Waals surface area contributed by atoms with Crippen molar-refractivity contribution >= 4 is 23.5 Å². The minimum atomic E-state index is -4.78. The maximum absolute atomic E-state index is 14.9. The van der Waals surface area contributed by atoms with Gasteiger partial charge in [0.2, 0.25) is 0 Å². The first-order chi connectivity index (χ1) is 26.2. The van der Waals surface area contributed by atoms with E-state index in [1.807, 2.05) is 32.2 Å². The largest absolute Gasteiger partial charge is 0.447 e. The van der Waals surface area contributed by atoms with Gasteiger partial charge >= 0.3 is 25.4 Å². The molecule has 1 saturated carbocycles. The average molecular weight is 791 g/mol. The highest BCUT2D eigenvalue weighted by Gasteiger charge is 2.64. The molecule has 0 spiro atoms. The molecule has 3 N–H and O–H groups in total. The molecule has 2 aliphatic rings. The molecular formula is C36H37F7N10O3. The number of halogens is 7. The van der Waals surface area contributed by atoms with Crippen LogP contribution < -0.4 is 10.6 Å². The van der Waals surface area contributed by atoms with Crippen LogP contribution in [-0.4, -0.2) is 71.3 Å². The van der Waals surface area contributed by atoms with Crippen molar-refractivity contribution < 1.29 is 45.1 Å². The van der Waals surface area contributed by atoms with Crippen molar-refractivity contribution in [1.29, 1.82) is 10.7 Å². The van der Waals surface area contributed by atoms with Gasteiger partial charge < -0.3 is 15.4 Å². The van der Waals surface area contributed by atoms with E-state index in [9.17, 15) is 45.6 Å². The van der Waals surface area contributed by atoms with Gasteiger partial charge in [0.1, 0.15) is 24.0 Å². The van der Waals surface area contributed by atoms with Crippen molar-refractivity contribution in [2.75, 3.05) is 6.61 Å². The van der Waals surface area contributed by atoms with Gasteiger partial charge in [-0.15, -0.1) is 0 Å². The first-order valence-electron chi connectivity index (χ1n) is 17.0. The lowest BCUT2D eigenvalue weighted by molar-refractivity contribution is -0.164. The second kappa shape index (κ2) is 15.3. The lowest BCUT2D eigenvalue weighted by atomic mass is 9.75. The number of amides is 2. The Bertz CT molecular complexity index is 2120. The minimum absolute atomic E-state index is 0.00759. The Balaban J connectivity index is 1.57. The number of carbonyl (C=O) groups is 2. The van der Waals surface area contributed by atoms with Crippen LogP contribution in [0.4, 0.5) is 35.5 Å². The fourth-order valence-electron chi connectivity index (χ4n) is 6.40. The molecular weight excluding hydrogens is 753 g/mol. The van der Waals surface area contributed by atoms with E-state index in [-0.39, 0.29) is 46.2 Å². The molecule has 5 rings (SSSR count). The third-order valence-electron chi connectivity index (χ3n) is 9.28. The molecule has 0 unspecified atom stereocenters. The number of carbonyl (C=O) groups excluding carboxylic acids is 2. The molecule has 3 heterocycles. The van der Waals surface area contributed by atoms with Crippen LogP contribution in [-0.2, 0) is 9.53 Å². The van der Waals surface area contributed by atoms with E-state index in [4.69, 9.17) is 10.1 Å². The van der Waals surface area contributed by atoms with E-state index in [0.717, 1.165) is 17.4 Å². The predicted octanol–water partition coefficient (Wildman–Crippen LogP) is 7.42. The van der Waals surface area contributed by atoms with Gasteiger partial charge in [0.25, 0.3) is 5.91 Å². The Morgan fingerprint density at radius 3 is 2.41 bits per heavy atom. The zero-order valence-corrected chi connectivity index (χ0v) is 30.5. The van der Waals surface area contributed by atoms with Gasteiger partial charge in [-0.05, 0) is 60.4 Å². The predicted molar refractivity (Wildman–Crippen MR) is 187 cm³/mol. The number of hydrogen-bond acceptors (Lipinski definition) is 8. The van der Waals surface area contributed by atoms with Crippen LogP contribution in [0.15, 0.2) is 67.3 Å². The third-order valence-corrected chi connectivity index (χ3v) is 9.28. The minimum Gasteiger partial charge on any atom is -0.447 e. The lowest BCUT2D eigenvalue weighted by Crippen LogP contribution is -2.51. The molecule has 0 radical (unpaired) electrons. The molecule has 2 amide bonds.